The maximum atomic E-state index is 14.3. The van der Waals surface area contributed by atoms with E-state index in [2.05, 4.69) is 0 Å². The number of carbonyl (C=O) groups is 6. The van der Waals surface area contributed by atoms with Crippen LogP contribution in [0, 0.1) is 39.9 Å². The normalized spacial score (nSPS) is 41.6. The monoisotopic (exact) mass is 490 g/mol. The Morgan fingerprint density at radius 2 is 1.58 bits per heavy atom. The lowest BCUT2D eigenvalue weighted by Crippen LogP contribution is -2.67. The molecule has 0 aromatic rings. The van der Waals surface area contributed by atoms with Crippen LogP contribution in [0.25, 0.3) is 0 Å². The van der Waals surface area contributed by atoms with E-state index in [1.54, 1.807) is 32.1 Å². The van der Waals surface area contributed by atoms with Gasteiger partial charge in [0.1, 0.15) is 5.78 Å². The summed E-state index contributed by atoms with van der Waals surface area (Å²) in [5.74, 6) is -11.5. The van der Waals surface area contributed by atoms with Crippen molar-refractivity contribution < 1.29 is 39.0 Å². The van der Waals surface area contributed by atoms with Crippen LogP contribution in [0.4, 0.5) is 0 Å². The van der Waals surface area contributed by atoms with Crippen molar-refractivity contribution in [1.82, 2.24) is 0 Å². The van der Waals surface area contributed by atoms with E-state index in [1.807, 2.05) is 0 Å². The van der Waals surface area contributed by atoms with Gasteiger partial charge in [0.05, 0.1) is 22.2 Å². The molecule has 0 unspecified atom stereocenters. The van der Waals surface area contributed by atoms with E-state index in [9.17, 15) is 39.0 Å². The van der Waals surface area contributed by atoms with Gasteiger partial charge < -0.3 is 10.2 Å². The molecule has 0 aromatic carbocycles. The molecule has 8 heteroatoms. The molecule has 0 aliphatic heterocycles. The van der Waals surface area contributed by atoms with E-state index in [-0.39, 0.29) is 11.1 Å². The molecule has 2 N–H and O–H groups in total. The van der Waals surface area contributed by atoms with Crippen molar-refractivity contribution in [2.24, 2.45) is 39.9 Å². The predicted octanol–water partition coefficient (Wildman–Crippen LogP) is 2.66. The minimum atomic E-state index is -2.13. The molecule has 7 atom stereocenters. The number of carbonyl (C=O) groups excluding carboxylic acids is 6. The summed E-state index contributed by atoms with van der Waals surface area (Å²) < 4.78 is 0. The molecule has 5 aliphatic rings. The number of ketones is 6. The summed E-state index contributed by atoms with van der Waals surface area (Å²) in [4.78, 5) is 83.9. The van der Waals surface area contributed by atoms with Gasteiger partial charge in [0.15, 0.2) is 28.9 Å². The summed E-state index contributed by atoms with van der Waals surface area (Å²) in [6, 6.07) is 0. The van der Waals surface area contributed by atoms with Crippen molar-refractivity contribution in [3.05, 3.63) is 59.1 Å². The van der Waals surface area contributed by atoms with E-state index in [1.165, 1.54) is 32.1 Å². The third-order valence-electron chi connectivity index (χ3n) is 9.43. The minimum Gasteiger partial charge on any atom is -0.504 e. The van der Waals surface area contributed by atoms with E-state index in [4.69, 9.17) is 0 Å². The molecule has 186 valence electrons. The second-order valence-corrected chi connectivity index (χ2v) is 10.5. The van der Waals surface area contributed by atoms with Gasteiger partial charge in [-0.15, -0.1) is 0 Å². The molecule has 36 heavy (non-hydrogen) atoms. The zero-order valence-electron chi connectivity index (χ0n) is 20.3. The van der Waals surface area contributed by atoms with E-state index >= 15 is 0 Å². The largest absolute Gasteiger partial charge is 0.504 e. The van der Waals surface area contributed by atoms with Crippen molar-refractivity contribution in [1.29, 1.82) is 0 Å². The Hall–Kier alpha value is -3.68. The van der Waals surface area contributed by atoms with E-state index in [0.29, 0.717) is 0 Å². The molecular weight excluding hydrogens is 464 g/mol. The maximum absolute atomic E-state index is 14.3. The first-order valence-corrected chi connectivity index (χ1v) is 11.9. The fourth-order valence-corrected chi connectivity index (χ4v) is 8.23. The fourth-order valence-electron chi connectivity index (χ4n) is 8.23. The highest BCUT2D eigenvalue weighted by Crippen LogP contribution is 2.82. The van der Waals surface area contributed by atoms with Gasteiger partial charge in [-0.1, -0.05) is 37.3 Å². The highest BCUT2D eigenvalue weighted by molar-refractivity contribution is 6.29. The predicted molar refractivity (Wildman–Crippen MR) is 125 cm³/mol. The average Bonchev–Trinajstić information content (AvgIpc) is 3.26. The number of hydrogen-bond donors (Lipinski definition) is 2. The lowest BCUT2D eigenvalue weighted by molar-refractivity contribution is -0.170. The van der Waals surface area contributed by atoms with Crippen molar-refractivity contribution in [3.63, 3.8) is 0 Å². The molecule has 5 aliphatic carbocycles. The van der Waals surface area contributed by atoms with E-state index < -0.39 is 92.6 Å². The number of aliphatic hydroxyl groups excluding tert-OH is 2. The van der Waals surface area contributed by atoms with Crippen LogP contribution in [0.3, 0.4) is 0 Å². The quantitative estimate of drug-likeness (QED) is 0.349. The van der Waals surface area contributed by atoms with E-state index in [0.717, 1.165) is 0 Å². The Labute approximate surface area is 207 Å². The lowest BCUT2D eigenvalue weighted by Gasteiger charge is -2.56. The summed E-state index contributed by atoms with van der Waals surface area (Å²) in [6.07, 6.45) is 8.34. The Balaban J connectivity index is 2.01. The first kappa shape index (κ1) is 24.0. The van der Waals surface area contributed by atoms with Crippen molar-refractivity contribution >= 4 is 34.7 Å². The standard InChI is InChI=1S/C28H26O8/c1-5-6-7-8-16(29)18-19-20(31)13(3)21(32)24(35)26(19)11-17(30)15-10-9-12(2)27(18)25(36)22(33)14(4)23(34)28(15,26)27/h5-10,12,15,18-19,32-33H,11H2,1-4H3/b6-5+,8-7+/t12-,15-,18-,19+,26+,27-,28-/m0/s1. The third kappa shape index (κ3) is 2.10. The zero-order chi connectivity index (χ0) is 26.5. The molecule has 2 spiro atoms. The number of hydrogen-bond acceptors (Lipinski definition) is 8. The molecule has 8 nitrogen and oxygen atoms in total. The molecule has 0 heterocycles. The molecule has 5 rings (SSSR count). The topological polar surface area (TPSA) is 143 Å². The highest BCUT2D eigenvalue weighted by Gasteiger charge is 2.92. The van der Waals surface area contributed by atoms with Crippen LogP contribution in [-0.4, -0.2) is 44.9 Å². The minimum absolute atomic E-state index is 0.278. The summed E-state index contributed by atoms with van der Waals surface area (Å²) in [7, 11) is 0. The molecule has 0 saturated heterocycles. The number of rotatable bonds is 3. The van der Waals surface area contributed by atoms with Gasteiger partial charge in [-0.05, 0) is 32.8 Å². The van der Waals surface area contributed by atoms with Crippen LogP contribution >= 0.6 is 0 Å². The zero-order valence-corrected chi connectivity index (χ0v) is 20.3. The molecule has 2 saturated carbocycles. The fraction of sp³-hybridized carbons (Fsp3) is 0.429. The van der Waals surface area contributed by atoms with Crippen LogP contribution in [0.15, 0.2) is 59.1 Å². The Bertz CT molecular complexity index is 1370. The number of allylic oxidation sites excluding steroid dienone is 10. The average molecular weight is 491 g/mol. The summed E-state index contributed by atoms with van der Waals surface area (Å²) in [5, 5.41) is 21.7. The second kappa shape index (κ2) is 7.18. The van der Waals surface area contributed by atoms with Crippen LogP contribution in [-0.2, 0) is 28.8 Å². The first-order chi connectivity index (χ1) is 16.9. The van der Waals surface area contributed by atoms with Gasteiger partial charge in [0.2, 0.25) is 11.6 Å². The third-order valence-corrected chi connectivity index (χ3v) is 9.43. The SMILES string of the molecule is C/C=C/C=C/C(=O)[C@H]1[C@@H]2C(=O)C(C)=C(O)C(=O)[C@@]23CC(=O)[C@@H]2C=C[C@H](C)[C@@]14C(=O)C(O)=C(C)C(=O)[C@]243. The first-order valence-electron chi connectivity index (χ1n) is 11.9. The van der Waals surface area contributed by atoms with Crippen molar-refractivity contribution in [3.8, 4) is 0 Å². The van der Waals surface area contributed by atoms with Gasteiger partial charge in [-0.2, -0.15) is 0 Å². The van der Waals surface area contributed by atoms with Gasteiger partial charge >= 0.3 is 0 Å². The van der Waals surface area contributed by atoms with Crippen molar-refractivity contribution in [2.45, 2.75) is 34.1 Å². The number of aliphatic hydroxyl groups is 2. The Morgan fingerprint density at radius 3 is 2.22 bits per heavy atom. The molecule has 0 radical (unpaired) electrons. The van der Waals surface area contributed by atoms with Crippen LogP contribution in [0.5, 0.6) is 0 Å². The van der Waals surface area contributed by atoms with Gasteiger partial charge in [0, 0.05) is 29.4 Å². The van der Waals surface area contributed by atoms with Gasteiger partial charge in [-0.25, -0.2) is 0 Å². The highest BCUT2D eigenvalue weighted by atomic mass is 16.3. The molecule has 2 fully saturated rings. The Kier molecular flexibility index (Phi) is 4.79. The molecule has 0 amide bonds. The molecule has 0 aromatic heterocycles. The summed E-state index contributed by atoms with van der Waals surface area (Å²) in [5.41, 5.74) is -6.92. The molecule has 0 bridgehead atoms. The smallest absolute Gasteiger partial charge is 0.206 e. The molecular formula is C28H26O8. The number of Topliss-reactive ketones (excluding diaryl/α,β-unsaturated/α-hetero) is 5. The maximum Gasteiger partial charge on any atom is 0.206 e. The van der Waals surface area contributed by atoms with Crippen LogP contribution < -0.4 is 0 Å². The lowest BCUT2D eigenvalue weighted by atomic mass is 9.41. The Morgan fingerprint density at radius 1 is 0.944 bits per heavy atom. The summed E-state index contributed by atoms with van der Waals surface area (Å²) in [6.45, 7) is 5.81. The second-order valence-electron chi connectivity index (χ2n) is 10.5. The van der Waals surface area contributed by atoms with Gasteiger partial charge in [-0.3, -0.25) is 28.8 Å². The summed E-state index contributed by atoms with van der Waals surface area (Å²) >= 11 is 0. The van der Waals surface area contributed by atoms with Crippen LogP contribution in [0.1, 0.15) is 34.1 Å². The van der Waals surface area contributed by atoms with Gasteiger partial charge in [0.25, 0.3) is 0 Å². The van der Waals surface area contributed by atoms with Crippen molar-refractivity contribution in [2.75, 3.05) is 0 Å². The van der Waals surface area contributed by atoms with Crippen LogP contribution in [0.2, 0.25) is 0 Å².